The van der Waals surface area contributed by atoms with Gasteiger partial charge in [0.25, 0.3) is 0 Å². The van der Waals surface area contributed by atoms with Gasteiger partial charge in [0.05, 0.1) is 11.5 Å². The number of halogens is 1. The zero-order valence-corrected chi connectivity index (χ0v) is 16.6. The topological polar surface area (TPSA) is 66.6 Å². The number of benzene rings is 1. The molecule has 0 saturated carbocycles. The lowest BCUT2D eigenvalue weighted by molar-refractivity contribution is -0.129. The van der Waals surface area contributed by atoms with Crippen LogP contribution < -0.4 is 5.73 Å². The Morgan fingerprint density at radius 2 is 1.58 bits per heavy atom. The monoisotopic (exact) mass is 397 g/mol. The molecule has 144 valence electrons. The van der Waals surface area contributed by atoms with E-state index in [1.165, 1.54) is 23.7 Å². The number of thioether (sulfide) groups is 1. The summed E-state index contributed by atoms with van der Waals surface area (Å²) in [5.74, 6) is 1.20. The predicted octanol–water partition coefficient (Wildman–Crippen LogP) is 2.11. The number of carbonyl (C=O) groups is 2. The molecule has 2 amide bonds. The van der Waals surface area contributed by atoms with Gasteiger partial charge >= 0.3 is 0 Å². The Hall–Kier alpha value is -1.24. The third kappa shape index (κ3) is 5.38. The van der Waals surface area contributed by atoms with E-state index in [-0.39, 0.29) is 36.2 Å². The van der Waals surface area contributed by atoms with E-state index in [0.717, 1.165) is 25.9 Å². The first kappa shape index (κ1) is 21.1. The number of hydrogen-bond acceptors (Lipinski definition) is 4. The minimum Gasteiger partial charge on any atom is -0.342 e. The highest BCUT2D eigenvalue weighted by Crippen LogP contribution is 2.26. The fourth-order valence-electron chi connectivity index (χ4n) is 3.64. The van der Waals surface area contributed by atoms with Crippen molar-refractivity contribution < 1.29 is 9.59 Å². The second-order valence-electron chi connectivity index (χ2n) is 6.91. The minimum atomic E-state index is -0.0219. The van der Waals surface area contributed by atoms with E-state index in [1.807, 2.05) is 28.0 Å². The standard InChI is InChI=1S/C19H27N3O2S.ClH/c20-17-12-22(11-16(17)15-7-3-1-4-8-15)19(24)14-25-13-18(23)21-9-5-2-6-10-21;/h1,3-4,7-8,16-17H,2,5-6,9-14,20H2;1H/t16-,17+;/m0./s1. The number of likely N-dealkylation sites (tertiary alicyclic amines) is 2. The van der Waals surface area contributed by atoms with Crippen LogP contribution >= 0.6 is 24.2 Å². The molecule has 2 saturated heterocycles. The van der Waals surface area contributed by atoms with Gasteiger partial charge < -0.3 is 15.5 Å². The Morgan fingerprint density at radius 3 is 2.23 bits per heavy atom. The smallest absolute Gasteiger partial charge is 0.232 e. The molecular formula is C19H28ClN3O2S. The quantitative estimate of drug-likeness (QED) is 0.826. The lowest BCUT2D eigenvalue weighted by atomic mass is 9.95. The summed E-state index contributed by atoms with van der Waals surface area (Å²) in [5.41, 5.74) is 7.44. The molecule has 2 heterocycles. The Kier molecular flexibility index (Phi) is 8.25. The van der Waals surface area contributed by atoms with Gasteiger partial charge in [0.1, 0.15) is 0 Å². The van der Waals surface area contributed by atoms with Crippen LogP contribution in [0.1, 0.15) is 30.7 Å². The summed E-state index contributed by atoms with van der Waals surface area (Å²) in [7, 11) is 0. The molecule has 7 heteroatoms. The Labute approximate surface area is 166 Å². The van der Waals surface area contributed by atoms with Crippen LogP contribution in [0.25, 0.3) is 0 Å². The van der Waals surface area contributed by atoms with Gasteiger partial charge in [0, 0.05) is 38.1 Å². The van der Waals surface area contributed by atoms with Crippen LogP contribution in [-0.2, 0) is 9.59 Å². The van der Waals surface area contributed by atoms with Crippen molar-refractivity contribution in [3.63, 3.8) is 0 Å². The van der Waals surface area contributed by atoms with Gasteiger partial charge in [-0.05, 0) is 24.8 Å². The molecule has 5 nitrogen and oxygen atoms in total. The van der Waals surface area contributed by atoms with E-state index >= 15 is 0 Å². The number of amides is 2. The molecule has 0 unspecified atom stereocenters. The minimum absolute atomic E-state index is 0. The molecule has 2 aliphatic heterocycles. The van der Waals surface area contributed by atoms with E-state index < -0.39 is 0 Å². The van der Waals surface area contributed by atoms with E-state index in [4.69, 9.17) is 5.73 Å². The molecule has 0 spiro atoms. The molecule has 26 heavy (non-hydrogen) atoms. The van der Waals surface area contributed by atoms with Crippen LogP contribution in [-0.4, -0.2) is 65.3 Å². The van der Waals surface area contributed by atoms with Crippen LogP contribution in [0, 0.1) is 0 Å². The van der Waals surface area contributed by atoms with Crippen molar-refractivity contribution in [3.8, 4) is 0 Å². The molecule has 0 bridgehead atoms. The van der Waals surface area contributed by atoms with Crippen molar-refractivity contribution in [2.75, 3.05) is 37.7 Å². The highest BCUT2D eigenvalue weighted by molar-refractivity contribution is 8.00. The number of hydrogen-bond donors (Lipinski definition) is 1. The molecule has 2 fully saturated rings. The fourth-order valence-corrected chi connectivity index (χ4v) is 4.45. The van der Waals surface area contributed by atoms with Gasteiger partial charge in [-0.1, -0.05) is 30.3 Å². The van der Waals surface area contributed by atoms with Gasteiger partial charge in [-0.15, -0.1) is 24.2 Å². The van der Waals surface area contributed by atoms with Gasteiger partial charge in [0.2, 0.25) is 11.8 Å². The SMILES string of the molecule is Cl.N[C@@H]1CN(C(=O)CSCC(=O)N2CCCCC2)C[C@H]1c1ccccc1. The first-order chi connectivity index (χ1) is 12.1. The number of carbonyl (C=O) groups excluding carboxylic acids is 2. The first-order valence-electron chi connectivity index (χ1n) is 9.09. The van der Waals surface area contributed by atoms with E-state index in [2.05, 4.69) is 12.1 Å². The molecular weight excluding hydrogens is 370 g/mol. The summed E-state index contributed by atoms with van der Waals surface area (Å²) in [6.07, 6.45) is 3.41. The molecule has 0 aromatic heterocycles. The molecule has 2 atom stereocenters. The Morgan fingerprint density at radius 1 is 0.962 bits per heavy atom. The second kappa shape index (κ2) is 10.2. The summed E-state index contributed by atoms with van der Waals surface area (Å²) in [4.78, 5) is 28.4. The third-order valence-electron chi connectivity index (χ3n) is 5.11. The zero-order valence-electron chi connectivity index (χ0n) is 15.0. The van der Waals surface area contributed by atoms with Crippen LogP contribution in [0.5, 0.6) is 0 Å². The highest BCUT2D eigenvalue weighted by Gasteiger charge is 2.33. The normalized spacial score (nSPS) is 22.8. The summed E-state index contributed by atoms with van der Waals surface area (Å²) in [6.45, 7) is 3.00. The summed E-state index contributed by atoms with van der Waals surface area (Å²) in [6, 6.07) is 10.1. The number of rotatable bonds is 5. The van der Waals surface area contributed by atoms with Crippen LogP contribution in [0.3, 0.4) is 0 Å². The third-order valence-corrected chi connectivity index (χ3v) is 6.01. The van der Waals surface area contributed by atoms with Crippen molar-refractivity contribution in [1.29, 1.82) is 0 Å². The van der Waals surface area contributed by atoms with Crippen LogP contribution in [0.4, 0.5) is 0 Å². The van der Waals surface area contributed by atoms with Gasteiger partial charge in [-0.3, -0.25) is 9.59 Å². The summed E-state index contributed by atoms with van der Waals surface area (Å²) >= 11 is 1.42. The number of nitrogens with zero attached hydrogens (tertiary/aromatic N) is 2. The van der Waals surface area contributed by atoms with Crippen molar-refractivity contribution in [3.05, 3.63) is 35.9 Å². The largest absolute Gasteiger partial charge is 0.342 e. The Balaban J connectivity index is 0.00000243. The van der Waals surface area contributed by atoms with Gasteiger partial charge in [-0.25, -0.2) is 0 Å². The molecule has 2 N–H and O–H groups in total. The van der Waals surface area contributed by atoms with Crippen molar-refractivity contribution >= 4 is 36.0 Å². The van der Waals surface area contributed by atoms with Gasteiger partial charge in [-0.2, -0.15) is 0 Å². The molecule has 0 radical (unpaired) electrons. The average molecular weight is 398 g/mol. The predicted molar refractivity (Wildman–Crippen MR) is 109 cm³/mol. The number of piperidine rings is 1. The highest BCUT2D eigenvalue weighted by atomic mass is 35.5. The number of nitrogens with two attached hydrogens (primary N) is 1. The summed E-state index contributed by atoms with van der Waals surface area (Å²) < 4.78 is 0. The maximum absolute atomic E-state index is 12.5. The van der Waals surface area contributed by atoms with Gasteiger partial charge in [0.15, 0.2) is 0 Å². The lowest BCUT2D eigenvalue weighted by Crippen LogP contribution is -2.37. The second-order valence-corrected chi connectivity index (χ2v) is 7.90. The maximum Gasteiger partial charge on any atom is 0.232 e. The van der Waals surface area contributed by atoms with Crippen molar-refractivity contribution in [2.24, 2.45) is 5.73 Å². The van der Waals surface area contributed by atoms with E-state index in [0.29, 0.717) is 24.6 Å². The van der Waals surface area contributed by atoms with Crippen LogP contribution in [0.2, 0.25) is 0 Å². The maximum atomic E-state index is 12.5. The average Bonchev–Trinajstić information content (AvgIpc) is 3.05. The Bertz CT molecular complexity index is 596. The lowest BCUT2D eigenvalue weighted by Gasteiger charge is -2.26. The molecule has 3 rings (SSSR count). The first-order valence-corrected chi connectivity index (χ1v) is 10.2. The molecule has 2 aliphatic rings. The van der Waals surface area contributed by atoms with E-state index in [1.54, 1.807) is 0 Å². The fraction of sp³-hybridized carbons (Fsp3) is 0.579. The van der Waals surface area contributed by atoms with Crippen molar-refractivity contribution in [1.82, 2.24) is 9.80 Å². The zero-order chi connectivity index (χ0) is 17.6. The molecule has 1 aromatic rings. The van der Waals surface area contributed by atoms with Crippen molar-refractivity contribution in [2.45, 2.75) is 31.2 Å². The molecule has 1 aromatic carbocycles. The molecule has 0 aliphatic carbocycles. The van der Waals surface area contributed by atoms with E-state index in [9.17, 15) is 9.59 Å². The van der Waals surface area contributed by atoms with Crippen LogP contribution in [0.15, 0.2) is 30.3 Å². The summed E-state index contributed by atoms with van der Waals surface area (Å²) in [5, 5.41) is 0.